The highest BCUT2D eigenvalue weighted by atomic mass is 32.2. The summed E-state index contributed by atoms with van der Waals surface area (Å²) in [5.74, 6) is -0.173. The molecular weight excluding hydrogens is 252 g/mol. The molecule has 0 saturated heterocycles. The lowest BCUT2D eigenvalue weighted by molar-refractivity contribution is -0.118. The van der Waals surface area contributed by atoms with Crippen LogP contribution in [0.2, 0.25) is 0 Å². The number of benzene rings is 1. The van der Waals surface area contributed by atoms with Gasteiger partial charge < -0.3 is 5.32 Å². The fraction of sp³-hybridized carbons (Fsp3) is 0.417. The molecule has 100 valence electrons. The second-order valence-corrected chi connectivity index (χ2v) is 6.01. The number of rotatable bonds is 5. The van der Waals surface area contributed by atoms with Crippen LogP contribution in [-0.4, -0.2) is 33.7 Å². The van der Waals surface area contributed by atoms with E-state index in [2.05, 4.69) is 5.32 Å². The fourth-order valence-corrected chi connectivity index (χ4v) is 2.63. The van der Waals surface area contributed by atoms with Crippen molar-refractivity contribution in [2.75, 3.05) is 23.7 Å². The number of anilines is 1. The summed E-state index contributed by atoms with van der Waals surface area (Å²) >= 11 is 0. The zero-order chi connectivity index (χ0) is 13.8. The van der Waals surface area contributed by atoms with Crippen LogP contribution in [0.15, 0.2) is 24.3 Å². The number of aryl methyl sites for hydroxylation is 1. The molecule has 0 fully saturated rings. The number of nitrogens with zero attached hydrogens (tertiary/aromatic N) is 1. The Bertz CT molecular complexity index is 526. The number of nitrogens with one attached hydrogen (secondary N) is 1. The molecular formula is C12H18N2O3S. The second-order valence-electron chi connectivity index (χ2n) is 4.10. The van der Waals surface area contributed by atoms with Crippen LogP contribution in [0.3, 0.4) is 0 Å². The van der Waals surface area contributed by atoms with Crippen LogP contribution in [0, 0.1) is 6.92 Å². The Balaban J connectivity index is 2.94. The first kappa shape index (κ1) is 14.5. The van der Waals surface area contributed by atoms with Gasteiger partial charge in [0, 0.05) is 13.5 Å². The first-order valence-corrected chi connectivity index (χ1v) is 7.45. The molecule has 0 aromatic heterocycles. The van der Waals surface area contributed by atoms with Crippen LogP contribution in [0.1, 0.15) is 12.5 Å². The number of carbonyl (C=O) groups is 1. The maximum atomic E-state index is 11.8. The van der Waals surface area contributed by atoms with Gasteiger partial charge in [0.25, 0.3) is 0 Å². The van der Waals surface area contributed by atoms with E-state index < -0.39 is 10.0 Å². The average molecular weight is 270 g/mol. The summed E-state index contributed by atoms with van der Waals surface area (Å²) < 4.78 is 24.8. The Morgan fingerprint density at radius 1 is 1.33 bits per heavy atom. The molecule has 0 aliphatic rings. The summed E-state index contributed by atoms with van der Waals surface area (Å²) in [6.45, 7) is 3.77. The number of sulfonamides is 1. The fourth-order valence-electron chi connectivity index (χ4n) is 1.64. The van der Waals surface area contributed by atoms with E-state index in [1.165, 1.54) is 11.2 Å². The Hall–Kier alpha value is -1.56. The first-order valence-electron chi connectivity index (χ1n) is 5.60. The lowest BCUT2D eigenvalue weighted by atomic mass is 10.2. The average Bonchev–Trinajstić information content (AvgIpc) is 2.24. The summed E-state index contributed by atoms with van der Waals surface area (Å²) in [5, 5.41) is 2.59. The summed E-state index contributed by atoms with van der Waals surface area (Å²) in [5.41, 5.74) is 1.52. The van der Waals surface area contributed by atoms with Gasteiger partial charge in [0.15, 0.2) is 0 Å². The van der Waals surface area contributed by atoms with Gasteiger partial charge >= 0.3 is 0 Å². The minimum atomic E-state index is -3.36. The lowest BCUT2D eigenvalue weighted by Gasteiger charge is -2.24. The van der Waals surface area contributed by atoms with Crippen molar-refractivity contribution in [3.8, 4) is 0 Å². The number of para-hydroxylation sites is 1. The van der Waals surface area contributed by atoms with Gasteiger partial charge in [0.2, 0.25) is 15.9 Å². The SMILES string of the molecule is CC(=O)NCCN(c1ccccc1C)S(C)(=O)=O. The Morgan fingerprint density at radius 2 is 1.94 bits per heavy atom. The summed E-state index contributed by atoms with van der Waals surface area (Å²) in [6.07, 6.45) is 1.16. The quantitative estimate of drug-likeness (QED) is 0.864. The molecule has 0 saturated carbocycles. The van der Waals surface area contributed by atoms with Crippen molar-refractivity contribution < 1.29 is 13.2 Å². The Labute approximate surface area is 108 Å². The van der Waals surface area contributed by atoms with E-state index in [1.54, 1.807) is 12.1 Å². The molecule has 0 radical (unpaired) electrons. The molecule has 1 N–H and O–H groups in total. The molecule has 0 aliphatic heterocycles. The van der Waals surface area contributed by atoms with E-state index in [1.807, 2.05) is 19.1 Å². The van der Waals surface area contributed by atoms with Gasteiger partial charge in [0.05, 0.1) is 18.5 Å². The highest BCUT2D eigenvalue weighted by Gasteiger charge is 2.18. The van der Waals surface area contributed by atoms with Gasteiger partial charge in [-0.2, -0.15) is 0 Å². The van der Waals surface area contributed by atoms with Crippen molar-refractivity contribution >= 4 is 21.6 Å². The Morgan fingerprint density at radius 3 is 2.44 bits per heavy atom. The molecule has 5 nitrogen and oxygen atoms in total. The molecule has 1 aromatic rings. The van der Waals surface area contributed by atoms with Crippen molar-refractivity contribution in [3.05, 3.63) is 29.8 Å². The van der Waals surface area contributed by atoms with E-state index >= 15 is 0 Å². The molecule has 0 heterocycles. The minimum absolute atomic E-state index is 0.173. The van der Waals surface area contributed by atoms with E-state index in [0.29, 0.717) is 5.69 Å². The molecule has 1 rings (SSSR count). The van der Waals surface area contributed by atoms with Crippen LogP contribution in [-0.2, 0) is 14.8 Å². The highest BCUT2D eigenvalue weighted by Crippen LogP contribution is 2.21. The van der Waals surface area contributed by atoms with Crippen LogP contribution >= 0.6 is 0 Å². The predicted molar refractivity (Wildman–Crippen MR) is 72.1 cm³/mol. The van der Waals surface area contributed by atoms with Crippen molar-refractivity contribution in [3.63, 3.8) is 0 Å². The van der Waals surface area contributed by atoms with E-state index in [4.69, 9.17) is 0 Å². The topological polar surface area (TPSA) is 66.5 Å². The maximum absolute atomic E-state index is 11.8. The van der Waals surface area contributed by atoms with Crippen molar-refractivity contribution in [1.29, 1.82) is 0 Å². The van der Waals surface area contributed by atoms with Gasteiger partial charge in [-0.25, -0.2) is 8.42 Å². The summed E-state index contributed by atoms with van der Waals surface area (Å²) in [4.78, 5) is 10.8. The number of amides is 1. The van der Waals surface area contributed by atoms with E-state index in [-0.39, 0.29) is 19.0 Å². The van der Waals surface area contributed by atoms with Gasteiger partial charge in [0.1, 0.15) is 0 Å². The van der Waals surface area contributed by atoms with E-state index in [0.717, 1.165) is 11.8 Å². The molecule has 0 aliphatic carbocycles. The van der Waals surface area contributed by atoms with Crippen LogP contribution in [0.4, 0.5) is 5.69 Å². The van der Waals surface area contributed by atoms with Gasteiger partial charge in [-0.15, -0.1) is 0 Å². The summed E-state index contributed by atoms with van der Waals surface area (Å²) in [7, 11) is -3.36. The standard InChI is InChI=1S/C12H18N2O3S/c1-10-6-4-5-7-12(10)14(18(3,16)17)9-8-13-11(2)15/h4-7H,8-9H2,1-3H3,(H,13,15). The lowest BCUT2D eigenvalue weighted by Crippen LogP contribution is -2.37. The van der Waals surface area contributed by atoms with Gasteiger partial charge in [-0.1, -0.05) is 18.2 Å². The minimum Gasteiger partial charge on any atom is -0.355 e. The molecule has 0 spiro atoms. The van der Waals surface area contributed by atoms with Gasteiger partial charge in [-0.3, -0.25) is 9.10 Å². The second kappa shape index (κ2) is 5.86. The van der Waals surface area contributed by atoms with Crippen molar-refractivity contribution in [1.82, 2.24) is 5.32 Å². The van der Waals surface area contributed by atoms with Crippen molar-refractivity contribution in [2.24, 2.45) is 0 Å². The summed E-state index contributed by atoms with van der Waals surface area (Å²) in [6, 6.07) is 7.25. The maximum Gasteiger partial charge on any atom is 0.232 e. The third-order valence-electron chi connectivity index (χ3n) is 2.47. The molecule has 0 atom stereocenters. The third kappa shape index (κ3) is 4.03. The normalized spacial score (nSPS) is 11.1. The smallest absolute Gasteiger partial charge is 0.232 e. The molecule has 1 aromatic carbocycles. The number of hydrogen-bond donors (Lipinski definition) is 1. The first-order chi connectivity index (χ1) is 8.32. The zero-order valence-electron chi connectivity index (χ0n) is 10.8. The van der Waals surface area contributed by atoms with E-state index in [9.17, 15) is 13.2 Å². The molecule has 0 bridgehead atoms. The largest absolute Gasteiger partial charge is 0.355 e. The molecule has 1 amide bonds. The predicted octanol–water partition coefficient (Wildman–Crippen LogP) is 0.897. The molecule has 18 heavy (non-hydrogen) atoms. The monoisotopic (exact) mass is 270 g/mol. The molecule has 0 unspecified atom stereocenters. The van der Waals surface area contributed by atoms with Crippen LogP contribution in [0.25, 0.3) is 0 Å². The van der Waals surface area contributed by atoms with Gasteiger partial charge in [-0.05, 0) is 18.6 Å². The Kier molecular flexibility index (Phi) is 4.72. The van der Waals surface area contributed by atoms with Crippen LogP contribution in [0.5, 0.6) is 0 Å². The number of carbonyl (C=O) groups excluding carboxylic acids is 1. The molecule has 6 heteroatoms. The zero-order valence-corrected chi connectivity index (χ0v) is 11.6. The van der Waals surface area contributed by atoms with Crippen molar-refractivity contribution in [2.45, 2.75) is 13.8 Å². The third-order valence-corrected chi connectivity index (χ3v) is 3.65. The number of hydrogen-bond acceptors (Lipinski definition) is 3. The van der Waals surface area contributed by atoms with Crippen LogP contribution < -0.4 is 9.62 Å². The highest BCUT2D eigenvalue weighted by molar-refractivity contribution is 7.92.